The number of benzene rings is 1. The second kappa shape index (κ2) is 12.1. The lowest BCUT2D eigenvalue weighted by atomic mass is 9.92. The Hall–Kier alpha value is -2.22. The number of aromatic nitrogens is 2. The van der Waals surface area contributed by atoms with Crippen LogP contribution in [0.4, 0.5) is 5.95 Å². The van der Waals surface area contributed by atoms with Gasteiger partial charge in [0, 0.05) is 44.1 Å². The monoisotopic (exact) mass is 441 g/mol. The fraction of sp³-hybridized carbons (Fsp3) is 0.600. The van der Waals surface area contributed by atoms with Crippen LogP contribution < -0.4 is 20.7 Å². The second-order valence-electron chi connectivity index (χ2n) is 8.78. The van der Waals surface area contributed by atoms with E-state index in [1.54, 1.807) is 0 Å². The second-order valence-corrected chi connectivity index (χ2v) is 8.78. The number of hydrogen-bond acceptors (Lipinski definition) is 7. The van der Waals surface area contributed by atoms with Crippen LogP contribution in [0.1, 0.15) is 61.1 Å². The summed E-state index contributed by atoms with van der Waals surface area (Å²) in [7, 11) is 0. The average Bonchev–Trinajstić information content (AvgIpc) is 2.80. The van der Waals surface area contributed by atoms with Gasteiger partial charge in [0.1, 0.15) is 12.0 Å². The number of piperidine rings is 1. The van der Waals surface area contributed by atoms with Crippen LogP contribution in [0.15, 0.2) is 24.5 Å². The number of aryl methyl sites for hydroxylation is 3. The molecular weight excluding hydrogens is 402 g/mol. The molecule has 7 nitrogen and oxygen atoms in total. The quantitative estimate of drug-likeness (QED) is 0.364. The summed E-state index contributed by atoms with van der Waals surface area (Å²) >= 11 is 0. The zero-order valence-electron chi connectivity index (χ0n) is 19.8. The molecule has 0 saturated carbocycles. The summed E-state index contributed by atoms with van der Waals surface area (Å²) in [5.41, 5.74) is 9.66. The van der Waals surface area contributed by atoms with Gasteiger partial charge < -0.3 is 20.5 Å². The molecule has 176 valence electrons. The number of rotatable bonds is 11. The molecule has 0 bridgehead atoms. The number of hydrogen-bond donors (Lipinski definition) is 3. The summed E-state index contributed by atoms with van der Waals surface area (Å²) in [5.74, 6) is 2.47. The van der Waals surface area contributed by atoms with Crippen LogP contribution >= 0.6 is 0 Å². The standard InChI is InChI=1S/C25H39N5O2/c1-4-20-16-28-25(29-17-20)30-11-7-21(8-12-30)6-5-13-32-22-14-18(2)23(19(3)15-22)24(31)27-10-9-26/h14-17,21,24,27,31H,4-13,26H2,1-3H3. The van der Waals surface area contributed by atoms with Gasteiger partial charge in [-0.25, -0.2) is 9.97 Å². The summed E-state index contributed by atoms with van der Waals surface area (Å²) in [4.78, 5) is 11.3. The fourth-order valence-electron chi connectivity index (χ4n) is 4.45. The van der Waals surface area contributed by atoms with E-state index in [0.717, 1.165) is 60.2 Å². The molecule has 1 aliphatic rings. The molecule has 0 radical (unpaired) electrons. The van der Waals surface area contributed by atoms with Crippen molar-refractivity contribution in [3.8, 4) is 5.75 Å². The number of nitrogens with one attached hydrogen (secondary N) is 1. The molecule has 1 aliphatic heterocycles. The van der Waals surface area contributed by atoms with Gasteiger partial charge in [0.25, 0.3) is 0 Å². The Balaban J connectivity index is 1.40. The van der Waals surface area contributed by atoms with Gasteiger partial charge in [-0.05, 0) is 80.7 Å². The van der Waals surface area contributed by atoms with E-state index in [1.807, 2.05) is 38.4 Å². The lowest BCUT2D eigenvalue weighted by Gasteiger charge is -2.32. The van der Waals surface area contributed by atoms with Gasteiger partial charge in [-0.1, -0.05) is 6.92 Å². The Morgan fingerprint density at radius 1 is 1.19 bits per heavy atom. The fourth-order valence-corrected chi connectivity index (χ4v) is 4.45. The third kappa shape index (κ3) is 6.64. The minimum Gasteiger partial charge on any atom is -0.494 e. The zero-order valence-corrected chi connectivity index (χ0v) is 19.8. The van der Waals surface area contributed by atoms with Crippen molar-refractivity contribution in [2.24, 2.45) is 11.7 Å². The maximum Gasteiger partial charge on any atom is 0.225 e. The van der Waals surface area contributed by atoms with E-state index in [0.29, 0.717) is 19.7 Å². The van der Waals surface area contributed by atoms with Crippen molar-refractivity contribution in [1.82, 2.24) is 15.3 Å². The first kappa shape index (κ1) is 24.4. The van der Waals surface area contributed by atoms with Crippen molar-refractivity contribution in [2.45, 2.75) is 59.1 Å². The Kier molecular flexibility index (Phi) is 9.26. The number of anilines is 1. The lowest BCUT2D eigenvalue weighted by Crippen LogP contribution is -2.35. The maximum atomic E-state index is 10.4. The van der Waals surface area contributed by atoms with Crippen LogP contribution in [-0.2, 0) is 6.42 Å². The third-order valence-corrected chi connectivity index (χ3v) is 6.35. The topological polar surface area (TPSA) is 96.5 Å². The maximum absolute atomic E-state index is 10.4. The number of nitrogens with zero attached hydrogens (tertiary/aromatic N) is 3. The van der Waals surface area contributed by atoms with Gasteiger partial charge in [-0.2, -0.15) is 0 Å². The van der Waals surface area contributed by atoms with Crippen molar-refractivity contribution >= 4 is 5.95 Å². The molecule has 3 rings (SSSR count). The molecule has 1 saturated heterocycles. The van der Waals surface area contributed by atoms with Crippen molar-refractivity contribution in [2.75, 3.05) is 37.7 Å². The SMILES string of the molecule is CCc1cnc(N2CCC(CCCOc3cc(C)c(C(O)NCCN)c(C)c3)CC2)nc1. The first-order valence-electron chi connectivity index (χ1n) is 11.9. The Morgan fingerprint density at radius 3 is 2.44 bits per heavy atom. The average molecular weight is 442 g/mol. The van der Waals surface area contributed by atoms with Gasteiger partial charge in [0.05, 0.1) is 6.61 Å². The molecule has 32 heavy (non-hydrogen) atoms. The Bertz CT molecular complexity index is 812. The Morgan fingerprint density at radius 2 is 1.84 bits per heavy atom. The number of aliphatic hydroxyl groups excluding tert-OH is 1. The molecule has 0 spiro atoms. The number of aliphatic hydroxyl groups is 1. The predicted molar refractivity (Wildman–Crippen MR) is 129 cm³/mol. The van der Waals surface area contributed by atoms with Crippen LogP contribution in [0.25, 0.3) is 0 Å². The minimum atomic E-state index is -0.701. The highest BCUT2D eigenvalue weighted by atomic mass is 16.5. The van der Waals surface area contributed by atoms with E-state index in [1.165, 1.54) is 24.8 Å². The first-order chi connectivity index (χ1) is 15.5. The summed E-state index contributed by atoms with van der Waals surface area (Å²) in [6, 6.07) is 4.02. The highest BCUT2D eigenvalue weighted by Gasteiger charge is 2.21. The van der Waals surface area contributed by atoms with Crippen LogP contribution in [0, 0.1) is 19.8 Å². The molecule has 4 N–H and O–H groups in total. The zero-order chi connectivity index (χ0) is 22.9. The number of nitrogens with two attached hydrogens (primary N) is 1. The van der Waals surface area contributed by atoms with Crippen molar-refractivity contribution in [3.63, 3.8) is 0 Å². The lowest BCUT2D eigenvalue weighted by molar-refractivity contribution is 0.139. The molecule has 2 heterocycles. The van der Waals surface area contributed by atoms with Gasteiger partial charge >= 0.3 is 0 Å². The molecule has 1 unspecified atom stereocenters. The largest absolute Gasteiger partial charge is 0.494 e. The van der Waals surface area contributed by atoms with Crippen molar-refractivity contribution in [3.05, 3.63) is 46.8 Å². The van der Waals surface area contributed by atoms with Gasteiger partial charge in [0.15, 0.2) is 0 Å². The van der Waals surface area contributed by atoms with E-state index >= 15 is 0 Å². The van der Waals surface area contributed by atoms with Crippen LogP contribution in [-0.4, -0.2) is 47.9 Å². The van der Waals surface area contributed by atoms with E-state index in [2.05, 4.69) is 27.1 Å². The van der Waals surface area contributed by atoms with Gasteiger partial charge in [-0.15, -0.1) is 0 Å². The summed E-state index contributed by atoms with van der Waals surface area (Å²) in [6.07, 6.45) is 8.75. The Labute approximate surface area is 192 Å². The molecular formula is C25H39N5O2. The smallest absolute Gasteiger partial charge is 0.225 e. The highest BCUT2D eigenvalue weighted by molar-refractivity contribution is 5.42. The van der Waals surface area contributed by atoms with Crippen molar-refractivity contribution < 1.29 is 9.84 Å². The molecule has 1 aromatic carbocycles. The molecule has 7 heteroatoms. The summed E-state index contributed by atoms with van der Waals surface area (Å²) in [6.45, 7) is 9.98. The van der Waals surface area contributed by atoms with Crippen LogP contribution in [0.2, 0.25) is 0 Å². The molecule has 1 atom stereocenters. The van der Waals surface area contributed by atoms with Gasteiger partial charge in [-0.3, -0.25) is 5.32 Å². The van der Waals surface area contributed by atoms with Crippen LogP contribution in [0.3, 0.4) is 0 Å². The van der Waals surface area contributed by atoms with E-state index in [9.17, 15) is 5.11 Å². The molecule has 2 aromatic rings. The predicted octanol–water partition coefficient (Wildman–Crippen LogP) is 3.27. The minimum absolute atomic E-state index is 0.495. The van der Waals surface area contributed by atoms with Crippen LogP contribution in [0.5, 0.6) is 5.75 Å². The van der Waals surface area contributed by atoms with Gasteiger partial charge in [0.2, 0.25) is 5.95 Å². The molecule has 0 amide bonds. The summed E-state index contributed by atoms with van der Waals surface area (Å²) in [5, 5.41) is 13.4. The third-order valence-electron chi connectivity index (χ3n) is 6.35. The highest BCUT2D eigenvalue weighted by Crippen LogP contribution is 2.27. The van der Waals surface area contributed by atoms with E-state index in [-0.39, 0.29) is 0 Å². The van der Waals surface area contributed by atoms with Crippen molar-refractivity contribution in [1.29, 1.82) is 0 Å². The molecule has 1 fully saturated rings. The number of ether oxygens (including phenoxy) is 1. The molecule has 0 aliphatic carbocycles. The summed E-state index contributed by atoms with van der Waals surface area (Å²) < 4.78 is 6.03. The normalized spacial score (nSPS) is 15.7. The molecule has 1 aromatic heterocycles. The van der Waals surface area contributed by atoms with E-state index < -0.39 is 6.23 Å². The first-order valence-corrected chi connectivity index (χ1v) is 11.9. The van der Waals surface area contributed by atoms with E-state index in [4.69, 9.17) is 10.5 Å².